The number of unbranched alkanes of at least 4 members (excludes halogenated alkanes) is 2. The number of nitrogen functional groups attached to an aromatic ring is 2. The van der Waals surface area contributed by atoms with Gasteiger partial charge in [0, 0.05) is 18.4 Å². The van der Waals surface area contributed by atoms with Crippen LogP contribution in [0.2, 0.25) is 0 Å². The number of nitro groups is 2. The van der Waals surface area contributed by atoms with Crippen LogP contribution in [0.4, 0.5) is 37.9 Å². The second-order valence-corrected chi connectivity index (χ2v) is 13.4. The molecule has 4 rings (SSSR count). The highest BCUT2D eigenvalue weighted by molar-refractivity contribution is 7.87. The molecular weight excluding hydrogens is 807 g/mol. The summed E-state index contributed by atoms with van der Waals surface area (Å²) in [5.41, 5.74) is 12.4. The number of pyridine rings is 1. The first-order valence-corrected chi connectivity index (χ1v) is 19.1. The number of ether oxygens (including phenoxy) is 3. The predicted molar refractivity (Wildman–Crippen MR) is 212 cm³/mol. The lowest BCUT2D eigenvalue weighted by Crippen LogP contribution is -2.32. The zero-order chi connectivity index (χ0) is 45.4. The molecule has 0 amide bonds. The third kappa shape index (κ3) is 15.7. The van der Waals surface area contributed by atoms with Gasteiger partial charge in [0.2, 0.25) is 17.5 Å². The Labute approximate surface area is 340 Å². The molecule has 1 aromatic carbocycles. The predicted octanol–water partition coefficient (Wildman–Crippen LogP) is 5.38. The summed E-state index contributed by atoms with van der Waals surface area (Å²) in [5.74, 6) is -2.36. The maximum absolute atomic E-state index is 12.4. The molecule has 0 unspecified atom stereocenters. The zero-order valence-electron chi connectivity index (χ0n) is 34.3. The van der Waals surface area contributed by atoms with E-state index in [0.29, 0.717) is 20.2 Å². The van der Waals surface area contributed by atoms with Crippen LogP contribution in [0.5, 0.6) is 17.9 Å². The topological polar surface area (TPSA) is 294 Å². The molecule has 0 spiro atoms. The van der Waals surface area contributed by atoms with Gasteiger partial charge in [-0.3, -0.25) is 39.1 Å². The van der Waals surface area contributed by atoms with Gasteiger partial charge in [0.1, 0.15) is 11.4 Å². The minimum absolute atomic E-state index is 0.0857. The second kappa shape index (κ2) is 24.9. The third-order valence-corrected chi connectivity index (χ3v) is 8.55. The lowest BCUT2D eigenvalue weighted by Gasteiger charge is -2.23. The van der Waals surface area contributed by atoms with E-state index < -0.39 is 49.0 Å². The number of carbonyl (C=O) groups is 1. The number of nitrogens with zero attached hydrogens (tertiary/aromatic N) is 8. The van der Waals surface area contributed by atoms with E-state index in [9.17, 15) is 37.8 Å². The Bertz CT molecular complexity index is 2090. The van der Waals surface area contributed by atoms with Gasteiger partial charge in [-0.1, -0.05) is 50.5 Å². The van der Waals surface area contributed by atoms with Crippen LogP contribution < -0.4 is 30.0 Å². The van der Waals surface area contributed by atoms with Gasteiger partial charge in [0.25, 0.3) is 1.45 Å². The van der Waals surface area contributed by atoms with Gasteiger partial charge < -0.3 is 34.8 Å². The van der Waals surface area contributed by atoms with Crippen LogP contribution in [0, 0.1) is 34.1 Å². The van der Waals surface area contributed by atoms with E-state index in [4.69, 9.17) is 34.6 Å². The van der Waals surface area contributed by atoms with Gasteiger partial charge in [0.05, 0.1) is 36.8 Å². The molecule has 24 heteroatoms. The fourth-order valence-corrected chi connectivity index (χ4v) is 5.37. The van der Waals surface area contributed by atoms with Gasteiger partial charge in [-0.15, -0.1) is 0 Å². The number of aryl methyl sites for hydroxylation is 2. The average Bonchev–Trinajstić information content (AvgIpc) is 3.20. The molecule has 4 N–H and O–H groups in total. The maximum atomic E-state index is 12.4. The van der Waals surface area contributed by atoms with Crippen molar-refractivity contribution in [2.45, 2.75) is 71.7 Å². The Kier molecular flexibility index (Phi) is 20.5. The molecule has 4 aromatic rings. The number of hydrogen-bond donors (Lipinski definition) is 2. The van der Waals surface area contributed by atoms with Gasteiger partial charge >= 0.3 is 45.4 Å². The molecule has 3 heterocycles. The minimum atomic E-state index is -4.35. The molecule has 0 aliphatic rings. The van der Waals surface area contributed by atoms with E-state index in [1.165, 1.54) is 17.0 Å². The first kappa shape index (κ1) is 48.6. The van der Waals surface area contributed by atoms with Crippen molar-refractivity contribution in [2.75, 3.05) is 49.9 Å². The normalized spacial score (nSPS) is 10.5. The number of benzene rings is 1. The van der Waals surface area contributed by atoms with Crippen molar-refractivity contribution in [1.82, 2.24) is 24.9 Å². The monoisotopic (exact) mass is 856 g/mol. The smallest absolute Gasteiger partial charge is 0.374 e. The highest BCUT2D eigenvalue weighted by Crippen LogP contribution is 2.35. The van der Waals surface area contributed by atoms with E-state index >= 15 is 0 Å². The Morgan fingerprint density at radius 1 is 0.864 bits per heavy atom. The standard InChI is InChI=1S/C19H26N6O5.C15H18N4O6S.CH3F.FH/c1-4-6-9-30-19-22-17(20)16(25(27)28)18(23-19)24(12-15(26)29-5-2)11-14-8-7-13(3)21-10-14;1-3-4-9-24-15-17-13(16)12(19(20)21)14(18-15)25-26(22,23)11-7-5-10(2)6-8-11;1-2;/h7-8,10H,4-6,9,11-12H2,1-3H3,(H2,20,22,23);5-8H,3-4,9H2,1-2H3,(H2,16,17,18);1H3;1H/i/hT. The van der Waals surface area contributed by atoms with Gasteiger partial charge in [-0.25, -0.2) is 0 Å². The van der Waals surface area contributed by atoms with Gasteiger partial charge in [-0.05, 0) is 57.4 Å². The second-order valence-electron chi connectivity index (χ2n) is 11.8. The summed E-state index contributed by atoms with van der Waals surface area (Å²) in [6.07, 6.45) is 4.82. The van der Waals surface area contributed by atoms with Crippen LogP contribution in [0.3, 0.4) is 0 Å². The number of carbonyl (C=O) groups excluding carboxylic acids is 1. The first-order valence-electron chi connectivity index (χ1n) is 18.1. The van der Waals surface area contributed by atoms with E-state index in [2.05, 4.69) is 26.4 Å². The molecule has 0 aliphatic heterocycles. The Morgan fingerprint density at radius 3 is 1.90 bits per heavy atom. The molecule has 0 radical (unpaired) electrons. The van der Waals surface area contributed by atoms with Gasteiger partial charge in [0.15, 0.2) is 0 Å². The van der Waals surface area contributed by atoms with Crippen molar-refractivity contribution in [3.8, 4) is 17.9 Å². The number of rotatable bonds is 19. The summed E-state index contributed by atoms with van der Waals surface area (Å²) in [4.78, 5) is 54.4. The summed E-state index contributed by atoms with van der Waals surface area (Å²) in [6, 6.07) is 9.01. The molecule has 0 atom stereocenters. The van der Waals surface area contributed by atoms with Crippen molar-refractivity contribution >= 4 is 44.9 Å². The lowest BCUT2D eigenvalue weighted by molar-refractivity contribution is -0.385. The van der Waals surface area contributed by atoms with Crippen LogP contribution in [0.15, 0.2) is 47.5 Å². The fraction of sp³-hybridized carbons (Fsp3) is 0.429. The SMILES string of the molecule is CCCCOc1nc(N)c([N+](=O)[O-])c(N(CC(=O)OCC)Cc2ccc(C)nc2)n1.CCCCOc1nc(N)c([N+](=O)[O-])c(OS(=O)(=O)c2ccc(C)cc2)n1.CF.[3H]F. The highest BCUT2D eigenvalue weighted by atomic mass is 32.2. The van der Waals surface area contributed by atoms with Crippen LogP contribution in [-0.4, -0.2) is 84.1 Å². The van der Waals surface area contributed by atoms with E-state index in [-0.39, 0.29) is 54.9 Å². The molecule has 0 saturated carbocycles. The lowest BCUT2D eigenvalue weighted by atomic mass is 10.2. The zero-order valence-corrected chi connectivity index (χ0v) is 34.1. The Balaban J connectivity index is 0.000000559. The van der Waals surface area contributed by atoms with Crippen molar-refractivity contribution in [2.24, 2.45) is 0 Å². The van der Waals surface area contributed by atoms with Crippen molar-refractivity contribution in [3.63, 3.8) is 0 Å². The molecule has 324 valence electrons. The number of nitrogens with two attached hydrogens (primary N) is 2. The number of aromatic nitrogens is 5. The summed E-state index contributed by atoms with van der Waals surface area (Å²) < 4.78 is 67.9. The average molecular weight is 857 g/mol. The quantitative estimate of drug-likeness (QED) is 0.0393. The number of esters is 1. The third-order valence-electron chi connectivity index (χ3n) is 7.32. The van der Waals surface area contributed by atoms with Crippen molar-refractivity contribution < 1.29 is 50.6 Å². The minimum Gasteiger partial charge on any atom is -0.465 e. The Morgan fingerprint density at radius 2 is 1.41 bits per heavy atom. The number of hydrogen-bond acceptors (Lipinski definition) is 19. The van der Waals surface area contributed by atoms with E-state index in [1.54, 1.807) is 38.2 Å². The van der Waals surface area contributed by atoms with Crippen LogP contribution in [0.25, 0.3) is 0 Å². The van der Waals surface area contributed by atoms with Crippen molar-refractivity contribution in [1.29, 1.82) is 1.45 Å². The first-order chi connectivity index (χ1) is 28.6. The number of alkyl halides is 1. The Hall–Kier alpha value is -6.59. The summed E-state index contributed by atoms with van der Waals surface area (Å²) in [5, 5.41) is 22.9. The summed E-state index contributed by atoms with van der Waals surface area (Å²) >= 11 is 0. The van der Waals surface area contributed by atoms with Crippen LogP contribution in [0.1, 0.15) is 63.3 Å². The van der Waals surface area contributed by atoms with E-state index in [0.717, 1.165) is 36.1 Å². The van der Waals surface area contributed by atoms with Crippen LogP contribution in [-0.2, 0) is 26.2 Å². The summed E-state index contributed by atoms with van der Waals surface area (Å²) in [7, 11) is -3.85. The molecule has 0 saturated heterocycles. The van der Waals surface area contributed by atoms with Gasteiger partial charge in [-0.2, -0.15) is 28.4 Å². The molecule has 3 aromatic heterocycles. The fourth-order valence-electron chi connectivity index (χ4n) is 4.48. The maximum Gasteiger partial charge on any atom is 0.374 e. The highest BCUT2D eigenvalue weighted by Gasteiger charge is 2.31. The largest absolute Gasteiger partial charge is 0.465 e. The molecule has 0 bridgehead atoms. The van der Waals surface area contributed by atoms with E-state index in [1.807, 2.05) is 26.8 Å². The van der Waals surface area contributed by atoms with Crippen molar-refractivity contribution in [3.05, 3.63) is 79.6 Å². The van der Waals surface area contributed by atoms with Crippen LogP contribution >= 0.6 is 0 Å². The molecule has 0 aliphatic carbocycles. The summed E-state index contributed by atoms with van der Waals surface area (Å²) in [6.45, 7) is 9.86. The molecule has 0 fully saturated rings. The number of anilines is 3. The molecular formula is C35H48F2N10O11S. The molecule has 21 nitrogen and oxygen atoms in total. The number of halogens is 2. The molecule has 59 heavy (non-hydrogen) atoms.